The highest BCUT2D eigenvalue weighted by molar-refractivity contribution is 5.98. The Labute approximate surface area is 155 Å². The van der Waals surface area contributed by atoms with Gasteiger partial charge in [0.1, 0.15) is 0 Å². The number of hydrogen-bond acceptors (Lipinski definition) is 4. The summed E-state index contributed by atoms with van der Waals surface area (Å²) in [6.07, 6.45) is 2.76. The van der Waals surface area contributed by atoms with Crippen LogP contribution >= 0.6 is 0 Å². The van der Waals surface area contributed by atoms with Crippen LogP contribution in [0.2, 0.25) is 0 Å². The molecule has 0 aliphatic heterocycles. The van der Waals surface area contributed by atoms with Crippen molar-refractivity contribution >= 4 is 11.9 Å². The van der Waals surface area contributed by atoms with Gasteiger partial charge in [0.25, 0.3) is 0 Å². The highest BCUT2D eigenvalue weighted by Crippen LogP contribution is 2.25. The third-order valence-electron chi connectivity index (χ3n) is 3.80. The van der Waals surface area contributed by atoms with Crippen LogP contribution in [0, 0.1) is 6.07 Å². The Morgan fingerprint density at radius 2 is 1.85 bits per heavy atom. The molecule has 0 saturated heterocycles. The van der Waals surface area contributed by atoms with Crippen LogP contribution in [0.5, 0.6) is 0 Å². The molecule has 1 radical (unpaired) electrons. The molecule has 0 amide bonds. The van der Waals surface area contributed by atoms with E-state index >= 15 is 0 Å². The molecular weight excluding hydrogens is 328 g/mol. The van der Waals surface area contributed by atoms with E-state index in [2.05, 4.69) is 13.0 Å². The zero-order valence-electron chi connectivity index (χ0n) is 15.6. The first-order valence-corrected chi connectivity index (χ1v) is 9.02. The van der Waals surface area contributed by atoms with Crippen molar-refractivity contribution in [2.75, 3.05) is 6.61 Å². The first-order valence-electron chi connectivity index (χ1n) is 9.02. The quantitative estimate of drug-likeness (QED) is 0.491. The molecular formula is C22H25O4. The van der Waals surface area contributed by atoms with Crippen LogP contribution in [-0.4, -0.2) is 24.6 Å². The fourth-order valence-corrected chi connectivity index (χ4v) is 2.52. The van der Waals surface area contributed by atoms with Gasteiger partial charge in [0.05, 0.1) is 23.8 Å². The fraction of sp³-hybridized carbons (Fsp3) is 0.364. The van der Waals surface area contributed by atoms with E-state index in [-0.39, 0.29) is 12.1 Å². The third kappa shape index (κ3) is 5.45. The van der Waals surface area contributed by atoms with Crippen molar-refractivity contribution in [2.45, 2.75) is 46.1 Å². The minimum atomic E-state index is -0.394. The maximum Gasteiger partial charge on any atom is 0.338 e. The largest absolute Gasteiger partial charge is 0.462 e. The van der Waals surface area contributed by atoms with Crippen molar-refractivity contribution < 1.29 is 19.1 Å². The van der Waals surface area contributed by atoms with Gasteiger partial charge in [-0.05, 0) is 55.7 Å². The van der Waals surface area contributed by atoms with E-state index in [9.17, 15) is 9.59 Å². The predicted octanol–water partition coefficient (Wildman–Crippen LogP) is 5.07. The van der Waals surface area contributed by atoms with Gasteiger partial charge in [0.2, 0.25) is 0 Å². The number of unbranched alkanes of at least 4 members (excludes halogenated alkanes) is 2. The average Bonchev–Trinajstić information content (AvgIpc) is 2.64. The normalized spacial score (nSPS) is 10.6. The van der Waals surface area contributed by atoms with Crippen LogP contribution in [0.4, 0.5) is 0 Å². The zero-order chi connectivity index (χ0) is 18.9. The molecule has 0 bridgehead atoms. The Bertz CT molecular complexity index is 749. The van der Waals surface area contributed by atoms with E-state index in [4.69, 9.17) is 9.47 Å². The molecule has 0 aromatic heterocycles. The Morgan fingerprint density at radius 3 is 2.58 bits per heavy atom. The van der Waals surface area contributed by atoms with Crippen LogP contribution in [-0.2, 0) is 9.47 Å². The summed E-state index contributed by atoms with van der Waals surface area (Å²) in [7, 11) is 0. The molecule has 0 unspecified atom stereocenters. The van der Waals surface area contributed by atoms with Gasteiger partial charge in [-0.3, -0.25) is 0 Å². The van der Waals surface area contributed by atoms with E-state index in [1.807, 2.05) is 12.1 Å². The first-order chi connectivity index (χ1) is 12.5. The zero-order valence-corrected chi connectivity index (χ0v) is 15.6. The van der Waals surface area contributed by atoms with Gasteiger partial charge in [-0.2, -0.15) is 0 Å². The van der Waals surface area contributed by atoms with E-state index < -0.39 is 5.97 Å². The molecule has 26 heavy (non-hydrogen) atoms. The predicted molar refractivity (Wildman–Crippen MR) is 101 cm³/mol. The first kappa shape index (κ1) is 19.7. The number of benzene rings is 2. The summed E-state index contributed by atoms with van der Waals surface area (Å²) in [6, 6.07) is 15.3. The lowest BCUT2D eigenvalue weighted by atomic mass is 9.98. The van der Waals surface area contributed by atoms with E-state index in [1.165, 1.54) is 0 Å². The summed E-state index contributed by atoms with van der Waals surface area (Å²) in [5, 5.41) is 0. The minimum absolute atomic E-state index is 0.194. The van der Waals surface area contributed by atoms with Gasteiger partial charge in [-0.25, -0.2) is 9.59 Å². The maximum absolute atomic E-state index is 12.4. The molecule has 0 heterocycles. The summed E-state index contributed by atoms with van der Waals surface area (Å²) < 4.78 is 10.6. The van der Waals surface area contributed by atoms with Gasteiger partial charge in [0.15, 0.2) is 0 Å². The molecule has 137 valence electrons. The third-order valence-corrected chi connectivity index (χ3v) is 3.80. The Hall–Kier alpha value is -2.62. The van der Waals surface area contributed by atoms with Crippen molar-refractivity contribution in [3.63, 3.8) is 0 Å². The van der Waals surface area contributed by atoms with E-state index in [0.29, 0.717) is 28.9 Å². The second-order valence-corrected chi connectivity index (χ2v) is 6.33. The molecule has 2 rings (SSSR count). The van der Waals surface area contributed by atoms with Gasteiger partial charge in [-0.15, -0.1) is 0 Å². The second-order valence-electron chi connectivity index (χ2n) is 6.33. The molecule has 0 N–H and O–H groups in total. The fourth-order valence-electron chi connectivity index (χ4n) is 2.52. The van der Waals surface area contributed by atoms with Crippen molar-refractivity contribution in [1.29, 1.82) is 0 Å². The van der Waals surface area contributed by atoms with Gasteiger partial charge in [0, 0.05) is 0 Å². The summed E-state index contributed by atoms with van der Waals surface area (Å²) in [5.41, 5.74) is 2.24. The standard InChI is InChI=1S/C22H25O4/c1-4-5-8-14-25-22(24)20-13-7-6-12-19(20)17-10-9-11-18(15-17)21(23)26-16(2)3/h6-7,9,11-13,15-16H,4-5,8,14H2,1-3H3. The lowest BCUT2D eigenvalue weighted by Gasteiger charge is -2.11. The molecule has 0 atom stereocenters. The Balaban J connectivity index is 2.24. The number of hydrogen-bond donors (Lipinski definition) is 0. The monoisotopic (exact) mass is 353 g/mol. The van der Waals surface area contributed by atoms with Crippen LogP contribution in [0.25, 0.3) is 11.1 Å². The van der Waals surface area contributed by atoms with E-state index in [1.54, 1.807) is 44.2 Å². The van der Waals surface area contributed by atoms with Crippen LogP contribution in [0.15, 0.2) is 42.5 Å². The molecule has 0 aliphatic rings. The number of ether oxygens (including phenoxy) is 2. The summed E-state index contributed by atoms with van der Waals surface area (Å²) in [6.45, 7) is 6.12. The smallest absolute Gasteiger partial charge is 0.338 e. The lowest BCUT2D eigenvalue weighted by Crippen LogP contribution is -2.12. The van der Waals surface area contributed by atoms with Crippen molar-refractivity contribution in [2.24, 2.45) is 0 Å². The molecule has 0 aliphatic carbocycles. The number of carbonyl (C=O) groups excluding carboxylic acids is 2. The van der Waals surface area contributed by atoms with Crippen molar-refractivity contribution in [3.05, 3.63) is 59.7 Å². The number of carbonyl (C=O) groups is 2. The molecule has 2 aromatic carbocycles. The summed E-state index contributed by atoms with van der Waals surface area (Å²) >= 11 is 0. The molecule has 2 aromatic rings. The van der Waals surface area contributed by atoms with Crippen LogP contribution in [0.1, 0.15) is 60.7 Å². The molecule has 4 heteroatoms. The molecule has 0 fully saturated rings. The van der Waals surface area contributed by atoms with Gasteiger partial charge >= 0.3 is 11.9 Å². The Morgan fingerprint density at radius 1 is 1.08 bits per heavy atom. The minimum Gasteiger partial charge on any atom is -0.462 e. The lowest BCUT2D eigenvalue weighted by molar-refractivity contribution is 0.0377. The average molecular weight is 353 g/mol. The topological polar surface area (TPSA) is 52.6 Å². The van der Waals surface area contributed by atoms with Crippen molar-refractivity contribution in [1.82, 2.24) is 0 Å². The van der Waals surface area contributed by atoms with Gasteiger partial charge < -0.3 is 9.47 Å². The molecule has 0 saturated carbocycles. The highest BCUT2D eigenvalue weighted by Gasteiger charge is 2.16. The van der Waals surface area contributed by atoms with E-state index in [0.717, 1.165) is 19.3 Å². The van der Waals surface area contributed by atoms with Crippen LogP contribution in [0.3, 0.4) is 0 Å². The SMILES string of the molecule is CCCCCOC(=O)c1ccccc1-c1[c]ccc(C(=O)OC(C)C)c1. The summed E-state index contributed by atoms with van der Waals surface area (Å²) in [4.78, 5) is 24.6. The summed E-state index contributed by atoms with van der Waals surface area (Å²) in [5.74, 6) is -0.755. The van der Waals surface area contributed by atoms with Crippen LogP contribution < -0.4 is 0 Å². The highest BCUT2D eigenvalue weighted by atomic mass is 16.5. The van der Waals surface area contributed by atoms with Gasteiger partial charge in [-0.1, -0.05) is 44.0 Å². The number of rotatable bonds is 8. The second kappa shape index (κ2) is 9.76. The van der Waals surface area contributed by atoms with Crippen molar-refractivity contribution in [3.8, 4) is 11.1 Å². The number of esters is 2. The molecule has 0 spiro atoms. The molecule has 4 nitrogen and oxygen atoms in total. The Kier molecular flexibility index (Phi) is 7.39. The maximum atomic E-state index is 12.4.